The Balaban J connectivity index is 2.04. The number of nitrogens with zero attached hydrogens (tertiary/aromatic N) is 1. The van der Waals surface area contributed by atoms with E-state index in [1.807, 2.05) is 41.3 Å². The number of likely N-dealkylation sites (tertiary alicyclic amines) is 1. The van der Waals surface area contributed by atoms with Crippen molar-refractivity contribution in [1.29, 1.82) is 0 Å². The minimum Gasteiger partial charge on any atom is -0.398 e. The van der Waals surface area contributed by atoms with Gasteiger partial charge in [-0.05, 0) is 42.7 Å². The predicted octanol–water partition coefficient (Wildman–Crippen LogP) is 3.05. The number of hydrogen-bond acceptors (Lipinski definition) is 2. The molecule has 1 atom stereocenters. The Bertz CT molecular complexity index is 636. The largest absolute Gasteiger partial charge is 0.398 e. The Labute approximate surface area is 113 Å². The molecule has 0 radical (unpaired) electrons. The first-order chi connectivity index (χ1) is 9.16. The standard InChI is InChI=1S/C16H18N2O/c1-11-5-4-8-18(11)16(19)14-9-12-6-2-3-7-13(12)10-15(14)17/h2-3,6-7,9-11H,4-5,8,17H2,1H3. The molecule has 1 unspecified atom stereocenters. The van der Waals surface area contributed by atoms with E-state index in [1.54, 1.807) is 0 Å². The van der Waals surface area contributed by atoms with Crippen LogP contribution in [-0.4, -0.2) is 23.4 Å². The Morgan fingerprint density at radius 3 is 2.58 bits per heavy atom. The van der Waals surface area contributed by atoms with Crippen LogP contribution >= 0.6 is 0 Å². The predicted molar refractivity (Wildman–Crippen MR) is 78.1 cm³/mol. The summed E-state index contributed by atoms with van der Waals surface area (Å²) in [6.07, 6.45) is 2.17. The number of amides is 1. The summed E-state index contributed by atoms with van der Waals surface area (Å²) in [7, 11) is 0. The molecule has 0 aromatic heterocycles. The lowest BCUT2D eigenvalue weighted by atomic mass is 10.0. The van der Waals surface area contributed by atoms with Gasteiger partial charge in [0.15, 0.2) is 0 Å². The highest BCUT2D eigenvalue weighted by Gasteiger charge is 2.27. The van der Waals surface area contributed by atoms with Crippen LogP contribution in [0.15, 0.2) is 36.4 Å². The van der Waals surface area contributed by atoms with E-state index in [4.69, 9.17) is 5.73 Å². The van der Waals surface area contributed by atoms with E-state index >= 15 is 0 Å². The van der Waals surface area contributed by atoms with E-state index in [2.05, 4.69) is 6.92 Å². The molecule has 0 bridgehead atoms. The first kappa shape index (κ1) is 12.0. The summed E-state index contributed by atoms with van der Waals surface area (Å²) in [6, 6.07) is 12.1. The van der Waals surface area contributed by atoms with Crippen molar-refractivity contribution in [1.82, 2.24) is 4.90 Å². The van der Waals surface area contributed by atoms with Crippen molar-refractivity contribution in [2.24, 2.45) is 0 Å². The van der Waals surface area contributed by atoms with Gasteiger partial charge in [-0.1, -0.05) is 24.3 Å². The Morgan fingerprint density at radius 2 is 1.95 bits per heavy atom. The topological polar surface area (TPSA) is 46.3 Å². The molecule has 2 aromatic carbocycles. The van der Waals surface area contributed by atoms with E-state index in [-0.39, 0.29) is 5.91 Å². The van der Waals surface area contributed by atoms with Crippen molar-refractivity contribution in [3.63, 3.8) is 0 Å². The third-order valence-electron chi connectivity index (χ3n) is 3.96. The van der Waals surface area contributed by atoms with Crippen LogP contribution in [0.1, 0.15) is 30.1 Å². The van der Waals surface area contributed by atoms with Crippen LogP contribution in [0.5, 0.6) is 0 Å². The first-order valence-corrected chi connectivity index (χ1v) is 6.76. The minimum absolute atomic E-state index is 0.0632. The van der Waals surface area contributed by atoms with Crippen LogP contribution in [0.3, 0.4) is 0 Å². The van der Waals surface area contributed by atoms with Gasteiger partial charge in [-0.15, -0.1) is 0 Å². The van der Waals surface area contributed by atoms with Crippen molar-refractivity contribution >= 4 is 22.4 Å². The van der Waals surface area contributed by atoms with Crippen LogP contribution in [0.25, 0.3) is 10.8 Å². The van der Waals surface area contributed by atoms with Gasteiger partial charge in [0.05, 0.1) is 5.56 Å². The highest BCUT2D eigenvalue weighted by Crippen LogP contribution is 2.26. The number of nitrogen functional groups attached to an aromatic ring is 1. The average molecular weight is 254 g/mol. The number of carbonyl (C=O) groups excluding carboxylic acids is 1. The maximum absolute atomic E-state index is 12.6. The third-order valence-corrected chi connectivity index (χ3v) is 3.96. The van der Waals surface area contributed by atoms with Crippen LogP contribution < -0.4 is 5.73 Å². The van der Waals surface area contributed by atoms with Gasteiger partial charge < -0.3 is 10.6 Å². The molecular formula is C16H18N2O. The van der Waals surface area contributed by atoms with Crippen LogP contribution in [0.2, 0.25) is 0 Å². The number of fused-ring (bicyclic) bond motifs is 1. The molecule has 1 aliphatic rings. The molecule has 0 aliphatic carbocycles. The second-order valence-electron chi connectivity index (χ2n) is 5.28. The quantitative estimate of drug-likeness (QED) is 0.795. The van der Waals surface area contributed by atoms with E-state index < -0.39 is 0 Å². The zero-order chi connectivity index (χ0) is 13.4. The molecule has 1 amide bonds. The van der Waals surface area contributed by atoms with Gasteiger partial charge in [0, 0.05) is 18.3 Å². The highest BCUT2D eigenvalue weighted by atomic mass is 16.2. The lowest BCUT2D eigenvalue weighted by Crippen LogP contribution is -2.34. The Hall–Kier alpha value is -2.03. The van der Waals surface area contributed by atoms with E-state index in [9.17, 15) is 4.79 Å². The molecular weight excluding hydrogens is 236 g/mol. The summed E-state index contributed by atoms with van der Waals surface area (Å²) in [5.74, 6) is 0.0632. The zero-order valence-corrected chi connectivity index (χ0v) is 11.1. The molecule has 0 spiro atoms. The fraction of sp³-hybridized carbons (Fsp3) is 0.312. The summed E-state index contributed by atoms with van der Waals surface area (Å²) >= 11 is 0. The number of rotatable bonds is 1. The molecule has 2 aromatic rings. The molecule has 19 heavy (non-hydrogen) atoms. The summed E-state index contributed by atoms with van der Waals surface area (Å²) in [5.41, 5.74) is 7.26. The minimum atomic E-state index is 0.0632. The second-order valence-corrected chi connectivity index (χ2v) is 5.28. The molecule has 3 rings (SSSR count). The van der Waals surface area contributed by atoms with Crippen molar-refractivity contribution in [3.05, 3.63) is 42.0 Å². The Morgan fingerprint density at radius 1 is 1.26 bits per heavy atom. The van der Waals surface area contributed by atoms with E-state index in [0.29, 0.717) is 17.3 Å². The summed E-state index contributed by atoms with van der Waals surface area (Å²) in [4.78, 5) is 14.5. The monoisotopic (exact) mass is 254 g/mol. The number of benzene rings is 2. The second kappa shape index (κ2) is 4.57. The van der Waals surface area contributed by atoms with Gasteiger partial charge in [0.2, 0.25) is 0 Å². The van der Waals surface area contributed by atoms with Gasteiger partial charge in [0.1, 0.15) is 0 Å². The lowest BCUT2D eigenvalue weighted by molar-refractivity contribution is 0.0748. The van der Waals surface area contributed by atoms with Gasteiger partial charge in [-0.3, -0.25) is 4.79 Å². The van der Waals surface area contributed by atoms with Crippen molar-refractivity contribution in [2.75, 3.05) is 12.3 Å². The number of carbonyl (C=O) groups is 1. The molecule has 3 nitrogen and oxygen atoms in total. The third kappa shape index (κ3) is 2.05. The van der Waals surface area contributed by atoms with Gasteiger partial charge >= 0.3 is 0 Å². The van der Waals surface area contributed by atoms with Gasteiger partial charge in [0.25, 0.3) is 5.91 Å². The lowest BCUT2D eigenvalue weighted by Gasteiger charge is -2.22. The zero-order valence-electron chi connectivity index (χ0n) is 11.1. The molecule has 3 heteroatoms. The van der Waals surface area contributed by atoms with Gasteiger partial charge in [-0.2, -0.15) is 0 Å². The molecule has 1 aliphatic heterocycles. The highest BCUT2D eigenvalue weighted by molar-refractivity contribution is 6.04. The fourth-order valence-corrected chi connectivity index (χ4v) is 2.83. The summed E-state index contributed by atoms with van der Waals surface area (Å²) < 4.78 is 0. The summed E-state index contributed by atoms with van der Waals surface area (Å²) in [6.45, 7) is 2.94. The van der Waals surface area contributed by atoms with E-state index in [0.717, 1.165) is 30.2 Å². The van der Waals surface area contributed by atoms with Crippen LogP contribution in [0, 0.1) is 0 Å². The smallest absolute Gasteiger partial charge is 0.256 e. The van der Waals surface area contributed by atoms with Gasteiger partial charge in [-0.25, -0.2) is 0 Å². The maximum atomic E-state index is 12.6. The number of anilines is 1. The van der Waals surface area contributed by atoms with Crippen molar-refractivity contribution in [2.45, 2.75) is 25.8 Å². The van der Waals surface area contributed by atoms with E-state index in [1.165, 1.54) is 0 Å². The molecule has 1 saturated heterocycles. The first-order valence-electron chi connectivity index (χ1n) is 6.76. The normalized spacial score (nSPS) is 19.0. The number of hydrogen-bond donors (Lipinski definition) is 1. The van der Waals surface area contributed by atoms with Crippen molar-refractivity contribution in [3.8, 4) is 0 Å². The molecule has 98 valence electrons. The SMILES string of the molecule is CC1CCCN1C(=O)c1cc2ccccc2cc1N. The van der Waals surface area contributed by atoms with Crippen LogP contribution in [-0.2, 0) is 0 Å². The molecule has 1 fully saturated rings. The number of nitrogens with two attached hydrogens (primary N) is 1. The maximum Gasteiger partial charge on any atom is 0.256 e. The Kier molecular flexibility index (Phi) is 2.90. The molecule has 2 N–H and O–H groups in total. The molecule has 0 saturated carbocycles. The molecule has 1 heterocycles. The fourth-order valence-electron chi connectivity index (χ4n) is 2.83. The van der Waals surface area contributed by atoms with Crippen molar-refractivity contribution < 1.29 is 4.79 Å². The summed E-state index contributed by atoms with van der Waals surface area (Å²) in [5, 5.41) is 2.14. The van der Waals surface area contributed by atoms with Crippen LogP contribution in [0.4, 0.5) is 5.69 Å². The average Bonchev–Trinajstić information content (AvgIpc) is 2.83.